The zero-order valence-electron chi connectivity index (χ0n) is 15.7. The van der Waals surface area contributed by atoms with Crippen molar-refractivity contribution in [3.05, 3.63) is 48.3 Å². The van der Waals surface area contributed by atoms with Gasteiger partial charge in [-0.1, -0.05) is 36.3 Å². The highest BCUT2D eigenvalue weighted by molar-refractivity contribution is 5.81. The predicted molar refractivity (Wildman–Crippen MR) is 103 cm³/mol. The molecule has 2 aromatic heterocycles. The molecule has 1 aliphatic rings. The van der Waals surface area contributed by atoms with Crippen LogP contribution in [0.4, 0.5) is 10.2 Å². The van der Waals surface area contributed by atoms with Crippen LogP contribution in [0.5, 0.6) is 0 Å². The van der Waals surface area contributed by atoms with Gasteiger partial charge in [0.2, 0.25) is 0 Å². The molecule has 3 aromatic rings. The summed E-state index contributed by atoms with van der Waals surface area (Å²) < 4.78 is 26.2. The van der Waals surface area contributed by atoms with Gasteiger partial charge in [-0.25, -0.2) is 4.98 Å². The number of carbonyl (C=O) groups excluding carboxylic acids is 1. The van der Waals surface area contributed by atoms with E-state index in [2.05, 4.69) is 20.9 Å². The molecule has 0 bridgehead atoms. The van der Waals surface area contributed by atoms with Gasteiger partial charge in [-0.2, -0.15) is 14.4 Å². The van der Waals surface area contributed by atoms with Gasteiger partial charge in [-0.05, 0) is 5.56 Å². The summed E-state index contributed by atoms with van der Waals surface area (Å²) in [7, 11) is 0. The number of aromatic nitrogens is 4. The van der Waals surface area contributed by atoms with Gasteiger partial charge in [0.1, 0.15) is 18.9 Å². The standard InChI is InChI=1S/C20H18FN5O4/c1-2-20(10-29-15(28)8-12-6-4-3-5-7-12)13(27)9-14(30-20)26-11-23-16-17(22)24-19(21)25-18(16)26/h1,3-7,11,13-14,27H,8-10H2,(H2,22,24,25)/t13-,14+,20+/m0/s1. The van der Waals surface area contributed by atoms with E-state index < -0.39 is 30.0 Å². The zero-order valence-corrected chi connectivity index (χ0v) is 15.7. The minimum Gasteiger partial charge on any atom is -0.461 e. The first-order valence-electron chi connectivity index (χ1n) is 9.10. The molecule has 0 unspecified atom stereocenters. The second-order valence-corrected chi connectivity index (χ2v) is 6.88. The van der Waals surface area contributed by atoms with E-state index >= 15 is 0 Å². The fourth-order valence-electron chi connectivity index (χ4n) is 3.35. The molecule has 3 atom stereocenters. The average Bonchev–Trinajstić information content (AvgIpc) is 3.29. The first kappa shape index (κ1) is 19.8. The van der Waals surface area contributed by atoms with Crippen molar-refractivity contribution < 1.29 is 23.8 Å². The lowest BCUT2D eigenvalue weighted by atomic mass is 9.99. The lowest BCUT2D eigenvalue weighted by molar-refractivity contribution is -0.155. The third-order valence-corrected chi connectivity index (χ3v) is 4.92. The van der Waals surface area contributed by atoms with E-state index in [-0.39, 0.29) is 36.4 Å². The summed E-state index contributed by atoms with van der Waals surface area (Å²) in [5, 5.41) is 10.6. The van der Waals surface area contributed by atoms with Crippen LogP contribution in [-0.2, 0) is 20.7 Å². The number of aliphatic hydroxyl groups is 1. The number of anilines is 1. The Morgan fingerprint density at radius 1 is 1.43 bits per heavy atom. The smallest absolute Gasteiger partial charge is 0.312 e. The van der Waals surface area contributed by atoms with Crippen LogP contribution in [-0.4, -0.2) is 48.9 Å². The number of halogens is 1. The molecule has 0 spiro atoms. The molecule has 0 saturated carbocycles. The van der Waals surface area contributed by atoms with Gasteiger partial charge in [0.05, 0.1) is 12.7 Å². The van der Waals surface area contributed by atoms with Gasteiger partial charge in [-0.15, -0.1) is 6.42 Å². The van der Waals surface area contributed by atoms with Crippen LogP contribution in [0.1, 0.15) is 18.2 Å². The summed E-state index contributed by atoms with van der Waals surface area (Å²) in [6.45, 7) is -0.342. The lowest BCUT2D eigenvalue weighted by Crippen LogP contribution is -2.43. The maximum atomic E-state index is 13.6. The largest absolute Gasteiger partial charge is 0.461 e. The summed E-state index contributed by atoms with van der Waals surface area (Å²) in [6, 6.07) is 9.07. The van der Waals surface area contributed by atoms with Gasteiger partial charge < -0.3 is 20.3 Å². The highest BCUT2D eigenvalue weighted by Crippen LogP contribution is 2.38. The number of ether oxygens (including phenoxy) is 2. The number of terminal acetylenes is 1. The zero-order chi connectivity index (χ0) is 21.3. The van der Waals surface area contributed by atoms with Gasteiger partial charge in [-0.3, -0.25) is 9.36 Å². The van der Waals surface area contributed by atoms with Crippen LogP contribution < -0.4 is 5.73 Å². The fourth-order valence-corrected chi connectivity index (χ4v) is 3.35. The van der Waals surface area contributed by atoms with E-state index in [1.54, 1.807) is 12.1 Å². The van der Waals surface area contributed by atoms with Gasteiger partial charge >= 0.3 is 12.0 Å². The number of nitrogens with zero attached hydrogens (tertiary/aromatic N) is 4. The summed E-state index contributed by atoms with van der Waals surface area (Å²) in [6.07, 6.45) is 4.10. The molecular weight excluding hydrogens is 393 g/mol. The number of nitrogens with two attached hydrogens (primary N) is 1. The molecule has 9 nitrogen and oxygen atoms in total. The van der Waals surface area contributed by atoms with Crippen LogP contribution in [0.15, 0.2) is 36.7 Å². The summed E-state index contributed by atoms with van der Waals surface area (Å²) in [4.78, 5) is 23.4. The minimum absolute atomic E-state index is 0.0530. The van der Waals surface area contributed by atoms with Gasteiger partial charge in [0, 0.05) is 6.42 Å². The van der Waals surface area contributed by atoms with E-state index in [4.69, 9.17) is 21.6 Å². The number of imidazole rings is 1. The molecule has 10 heteroatoms. The summed E-state index contributed by atoms with van der Waals surface area (Å²) in [5.41, 5.74) is 5.19. The van der Waals surface area contributed by atoms with Crippen molar-refractivity contribution in [2.45, 2.75) is 30.8 Å². The van der Waals surface area contributed by atoms with Crippen LogP contribution in [0.25, 0.3) is 11.2 Å². The summed E-state index contributed by atoms with van der Waals surface area (Å²) >= 11 is 0. The molecule has 1 saturated heterocycles. The molecule has 3 N–H and O–H groups in total. The Hall–Kier alpha value is -3.55. The quantitative estimate of drug-likeness (QED) is 0.362. The van der Waals surface area contributed by atoms with E-state index in [0.717, 1.165) is 5.56 Å². The van der Waals surface area contributed by atoms with Crippen LogP contribution in [0.2, 0.25) is 0 Å². The third kappa shape index (κ3) is 3.56. The number of hydrogen-bond acceptors (Lipinski definition) is 8. The molecule has 1 fully saturated rings. The highest BCUT2D eigenvalue weighted by atomic mass is 19.1. The number of carbonyl (C=O) groups is 1. The number of esters is 1. The Kier molecular flexibility index (Phi) is 5.07. The van der Waals surface area contributed by atoms with E-state index in [1.165, 1.54) is 10.9 Å². The number of nitrogen functional groups attached to an aromatic ring is 1. The number of fused-ring (bicyclic) bond motifs is 1. The number of aliphatic hydroxyl groups excluding tert-OH is 1. The van der Waals surface area contributed by atoms with Crippen molar-refractivity contribution >= 4 is 23.0 Å². The van der Waals surface area contributed by atoms with Crippen LogP contribution in [0, 0.1) is 18.4 Å². The Bertz CT molecular complexity index is 1130. The Morgan fingerprint density at radius 3 is 2.93 bits per heavy atom. The number of hydrogen-bond donors (Lipinski definition) is 2. The maximum absolute atomic E-state index is 13.6. The molecule has 3 heterocycles. The van der Waals surface area contributed by atoms with Gasteiger partial charge in [0.25, 0.3) is 0 Å². The van der Waals surface area contributed by atoms with Gasteiger partial charge in [0.15, 0.2) is 22.6 Å². The molecule has 4 rings (SSSR count). The molecule has 1 aromatic carbocycles. The highest BCUT2D eigenvalue weighted by Gasteiger charge is 2.49. The van der Waals surface area contributed by atoms with Crippen molar-refractivity contribution in [2.75, 3.05) is 12.3 Å². The molecule has 154 valence electrons. The first-order chi connectivity index (χ1) is 14.4. The molecule has 0 radical (unpaired) electrons. The van der Waals surface area contributed by atoms with Crippen molar-refractivity contribution in [2.24, 2.45) is 0 Å². The molecule has 30 heavy (non-hydrogen) atoms. The normalized spacial score (nSPS) is 23.4. The minimum atomic E-state index is -1.56. The summed E-state index contributed by atoms with van der Waals surface area (Å²) in [5.74, 6) is 1.77. The van der Waals surface area contributed by atoms with Crippen molar-refractivity contribution in [3.8, 4) is 12.3 Å². The predicted octanol–water partition coefficient (Wildman–Crippen LogP) is 0.985. The van der Waals surface area contributed by atoms with E-state index in [0.29, 0.717) is 0 Å². The van der Waals surface area contributed by atoms with Crippen molar-refractivity contribution in [1.29, 1.82) is 0 Å². The van der Waals surface area contributed by atoms with E-state index in [9.17, 15) is 14.3 Å². The average molecular weight is 411 g/mol. The Balaban J connectivity index is 1.50. The second-order valence-electron chi connectivity index (χ2n) is 6.88. The number of rotatable bonds is 5. The first-order valence-corrected chi connectivity index (χ1v) is 9.10. The number of benzene rings is 1. The monoisotopic (exact) mass is 411 g/mol. The molecule has 0 aliphatic carbocycles. The molecule has 0 amide bonds. The Morgan fingerprint density at radius 2 is 2.20 bits per heavy atom. The topological polar surface area (TPSA) is 125 Å². The lowest BCUT2D eigenvalue weighted by Gasteiger charge is -2.26. The SMILES string of the molecule is C#C[C@]1(COC(=O)Cc2ccccc2)O[C@@H](n2cnc3c(N)nc(F)nc32)C[C@@H]1O. The fraction of sp³-hybridized carbons (Fsp3) is 0.300. The van der Waals surface area contributed by atoms with Crippen LogP contribution >= 0.6 is 0 Å². The van der Waals surface area contributed by atoms with E-state index in [1.807, 2.05) is 18.2 Å². The van der Waals surface area contributed by atoms with Crippen LogP contribution in [0.3, 0.4) is 0 Å². The Labute approximate surface area is 170 Å². The second kappa shape index (κ2) is 7.70. The van der Waals surface area contributed by atoms with Crippen molar-refractivity contribution in [3.63, 3.8) is 0 Å². The van der Waals surface area contributed by atoms with Crippen molar-refractivity contribution in [1.82, 2.24) is 19.5 Å². The molecule has 1 aliphatic heterocycles. The maximum Gasteiger partial charge on any atom is 0.312 e. The molecular formula is C20H18FN5O4. The third-order valence-electron chi connectivity index (χ3n) is 4.92.